The number of aromatic nitrogens is 2. The minimum atomic E-state index is -3.66. The Kier molecular flexibility index (Phi) is 5.08. The van der Waals surface area contributed by atoms with Crippen molar-refractivity contribution in [3.8, 4) is 0 Å². The highest BCUT2D eigenvalue weighted by molar-refractivity contribution is 7.93. The van der Waals surface area contributed by atoms with Gasteiger partial charge in [0, 0.05) is 37.8 Å². The van der Waals surface area contributed by atoms with Crippen molar-refractivity contribution in [3.63, 3.8) is 0 Å². The van der Waals surface area contributed by atoms with Gasteiger partial charge in [-0.3, -0.25) is 9.78 Å². The molecule has 1 aromatic carbocycles. The second-order valence-corrected chi connectivity index (χ2v) is 9.89. The molecule has 0 atom stereocenters. The van der Waals surface area contributed by atoms with E-state index >= 15 is 0 Å². The highest BCUT2D eigenvalue weighted by atomic mass is 32.2. The number of nitrogens with zero attached hydrogens (tertiary/aromatic N) is 4. The minimum absolute atomic E-state index is 0.168. The zero-order valence-corrected chi connectivity index (χ0v) is 18.1. The summed E-state index contributed by atoms with van der Waals surface area (Å²) in [5, 5.41) is 8.03. The minimum Gasteiger partial charge on any atom is -0.367 e. The fourth-order valence-electron chi connectivity index (χ4n) is 3.75. The van der Waals surface area contributed by atoms with Crippen molar-refractivity contribution in [1.82, 2.24) is 15.3 Å². The first kappa shape index (κ1) is 19.9. The molecule has 0 spiro atoms. The molecule has 0 saturated carbocycles. The third kappa shape index (κ3) is 3.64. The maximum atomic E-state index is 12.9. The van der Waals surface area contributed by atoms with Crippen LogP contribution < -0.4 is 19.8 Å². The average Bonchev–Trinajstić information content (AvgIpc) is 3.38. The lowest BCUT2D eigenvalue weighted by molar-refractivity contribution is 0.102. The maximum Gasteiger partial charge on any atom is 0.275 e. The predicted molar refractivity (Wildman–Crippen MR) is 119 cm³/mol. The number of benzene rings is 1. The van der Waals surface area contributed by atoms with E-state index in [2.05, 4.69) is 25.5 Å². The van der Waals surface area contributed by atoms with Gasteiger partial charge in [0.2, 0.25) is 0 Å². The number of thiazole rings is 1. The van der Waals surface area contributed by atoms with Crippen molar-refractivity contribution < 1.29 is 13.2 Å². The molecule has 5 rings (SSSR count). The second-order valence-electron chi connectivity index (χ2n) is 7.22. The van der Waals surface area contributed by atoms with Crippen LogP contribution in [0.2, 0.25) is 0 Å². The Morgan fingerprint density at radius 1 is 1.16 bits per heavy atom. The van der Waals surface area contributed by atoms with E-state index in [4.69, 9.17) is 0 Å². The summed E-state index contributed by atoms with van der Waals surface area (Å²) in [7, 11) is -3.66. The monoisotopic (exact) mass is 456 g/mol. The smallest absolute Gasteiger partial charge is 0.275 e. The van der Waals surface area contributed by atoms with Crippen LogP contribution in [0.15, 0.2) is 53.0 Å². The van der Waals surface area contributed by atoms with Crippen molar-refractivity contribution in [2.75, 3.05) is 40.7 Å². The zero-order chi connectivity index (χ0) is 21.4. The Hall–Kier alpha value is -3.02. The fourth-order valence-corrected chi connectivity index (χ4v) is 6.39. The molecule has 1 saturated heterocycles. The molecule has 2 N–H and O–H groups in total. The summed E-state index contributed by atoms with van der Waals surface area (Å²) in [6.45, 7) is 3.63. The summed E-state index contributed by atoms with van der Waals surface area (Å²) < 4.78 is 26.9. The molecular weight excluding hydrogens is 436 g/mol. The number of amides is 1. The molecule has 160 valence electrons. The van der Waals surface area contributed by atoms with Gasteiger partial charge in [-0.25, -0.2) is 17.7 Å². The van der Waals surface area contributed by atoms with Gasteiger partial charge in [-0.1, -0.05) is 18.2 Å². The predicted octanol–water partition coefficient (Wildman–Crippen LogP) is 1.91. The van der Waals surface area contributed by atoms with Crippen molar-refractivity contribution in [3.05, 3.63) is 59.4 Å². The molecule has 1 amide bonds. The number of hydrogen-bond acceptors (Lipinski definition) is 8. The summed E-state index contributed by atoms with van der Waals surface area (Å²) in [5.41, 5.74) is 2.39. The largest absolute Gasteiger partial charge is 0.367 e. The van der Waals surface area contributed by atoms with E-state index in [1.807, 2.05) is 12.1 Å². The molecule has 0 aliphatic carbocycles. The van der Waals surface area contributed by atoms with Crippen LogP contribution in [-0.4, -0.2) is 50.5 Å². The number of sulfonamides is 1. The lowest BCUT2D eigenvalue weighted by Gasteiger charge is -2.30. The first-order valence-electron chi connectivity index (χ1n) is 9.81. The summed E-state index contributed by atoms with van der Waals surface area (Å²) in [6.07, 6.45) is 3.31. The average molecular weight is 457 g/mol. The topological polar surface area (TPSA) is 108 Å². The Bertz CT molecular complexity index is 1240. The van der Waals surface area contributed by atoms with E-state index in [1.165, 1.54) is 4.31 Å². The van der Waals surface area contributed by atoms with Gasteiger partial charge in [-0.2, -0.15) is 0 Å². The van der Waals surface area contributed by atoms with Crippen molar-refractivity contribution >= 4 is 43.8 Å². The van der Waals surface area contributed by atoms with E-state index in [9.17, 15) is 13.2 Å². The van der Waals surface area contributed by atoms with Gasteiger partial charge < -0.3 is 15.5 Å². The summed E-state index contributed by atoms with van der Waals surface area (Å²) in [4.78, 5) is 23.8. The number of anilines is 3. The van der Waals surface area contributed by atoms with Gasteiger partial charge in [0.25, 0.3) is 15.9 Å². The van der Waals surface area contributed by atoms with Crippen LogP contribution in [0, 0.1) is 0 Å². The summed E-state index contributed by atoms with van der Waals surface area (Å²) in [5.74, 6) is -0.402. The van der Waals surface area contributed by atoms with E-state index in [0.29, 0.717) is 5.69 Å². The fraction of sp³-hybridized carbons (Fsp3) is 0.250. The first-order valence-corrected chi connectivity index (χ1v) is 12.1. The molecular formula is C20H20N6O3S2. The van der Waals surface area contributed by atoms with Crippen LogP contribution in [0.3, 0.4) is 0 Å². The van der Waals surface area contributed by atoms with Crippen LogP contribution in [0.5, 0.6) is 0 Å². The molecule has 2 aromatic heterocycles. The quantitative estimate of drug-likeness (QED) is 0.617. The van der Waals surface area contributed by atoms with Crippen molar-refractivity contribution in [1.29, 1.82) is 0 Å². The third-order valence-electron chi connectivity index (χ3n) is 5.30. The van der Waals surface area contributed by atoms with Crippen LogP contribution in [-0.2, 0) is 16.6 Å². The Labute approximate surface area is 183 Å². The highest BCUT2D eigenvalue weighted by Crippen LogP contribution is 2.36. The number of piperazine rings is 1. The maximum absolute atomic E-state index is 12.9. The van der Waals surface area contributed by atoms with Gasteiger partial charge in [0.1, 0.15) is 5.69 Å². The van der Waals surface area contributed by atoms with E-state index in [1.54, 1.807) is 36.0 Å². The van der Waals surface area contributed by atoms with E-state index in [-0.39, 0.29) is 22.3 Å². The number of nitrogens with one attached hydrogen (secondary N) is 2. The highest BCUT2D eigenvalue weighted by Gasteiger charge is 2.36. The molecule has 0 bridgehead atoms. The Balaban J connectivity index is 1.36. The third-order valence-corrected chi connectivity index (χ3v) is 8.11. The van der Waals surface area contributed by atoms with Gasteiger partial charge in [0.05, 0.1) is 29.0 Å². The van der Waals surface area contributed by atoms with Crippen LogP contribution in [0.4, 0.5) is 16.5 Å². The number of rotatable bonds is 4. The Morgan fingerprint density at radius 2 is 1.97 bits per heavy atom. The molecule has 1 fully saturated rings. The number of carbonyl (C=O) groups is 1. The summed E-state index contributed by atoms with van der Waals surface area (Å²) in [6, 6.07) is 8.76. The van der Waals surface area contributed by atoms with Gasteiger partial charge in [0.15, 0.2) is 5.13 Å². The molecule has 11 heteroatoms. The standard InChI is InChI=1S/C20H20N6O3S2/c27-19(23-15-11-22-6-5-17(15)25-9-7-21-8-10-25)16-13-30-20(24-16)26-12-14-3-1-2-4-18(14)31(26,28)29/h1-6,11,13,21H,7-10,12H2,(H,23,27). The first-order chi connectivity index (χ1) is 15.0. The number of fused-ring (bicyclic) bond motifs is 1. The van der Waals surface area contributed by atoms with Gasteiger partial charge >= 0.3 is 0 Å². The molecule has 31 heavy (non-hydrogen) atoms. The van der Waals surface area contributed by atoms with E-state index in [0.717, 1.165) is 48.8 Å². The van der Waals surface area contributed by atoms with Gasteiger partial charge in [-0.15, -0.1) is 11.3 Å². The molecule has 0 unspecified atom stereocenters. The molecule has 9 nitrogen and oxygen atoms in total. The SMILES string of the molecule is O=C(Nc1cnccc1N1CCNCC1)c1csc(N2Cc3ccccc3S2(=O)=O)n1. The van der Waals surface area contributed by atoms with Gasteiger partial charge in [-0.05, 0) is 17.7 Å². The number of carbonyl (C=O) groups excluding carboxylic acids is 1. The van der Waals surface area contributed by atoms with E-state index < -0.39 is 15.9 Å². The lowest BCUT2D eigenvalue weighted by atomic mass is 10.2. The van der Waals surface area contributed by atoms with Crippen LogP contribution in [0.1, 0.15) is 16.1 Å². The summed E-state index contributed by atoms with van der Waals surface area (Å²) >= 11 is 1.13. The van der Waals surface area contributed by atoms with Crippen molar-refractivity contribution in [2.24, 2.45) is 0 Å². The number of pyridine rings is 1. The lowest BCUT2D eigenvalue weighted by Crippen LogP contribution is -2.43. The molecule has 0 radical (unpaired) electrons. The van der Waals surface area contributed by atoms with Crippen LogP contribution >= 0.6 is 11.3 Å². The molecule has 2 aliphatic heterocycles. The molecule has 2 aliphatic rings. The Morgan fingerprint density at radius 3 is 2.77 bits per heavy atom. The number of hydrogen-bond donors (Lipinski definition) is 2. The van der Waals surface area contributed by atoms with Crippen molar-refractivity contribution in [2.45, 2.75) is 11.4 Å². The molecule has 4 heterocycles. The second kappa shape index (κ2) is 7.91. The normalized spacial score (nSPS) is 17.4. The molecule has 3 aromatic rings. The van der Waals surface area contributed by atoms with Crippen LogP contribution in [0.25, 0.3) is 0 Å². The zero-order valence-electron chi connectivity index (χ0n) is 16.5.